The summed E-state index contributed by atoms with van der Waals surface area (Å²) in [6, 6.07) is 9.93. The zero-order valence-corrected chi connectivity index (χ0v) is 14.2. The number of hydrogen-bond acceptors (Lipinski definition) is 3. The molecule has 0 spiro atoms. The van der Waals surface area contributed by atoms with Gasteiger partial charge in [-0.15, -0.1) is 11.3 Å². The van der Waals surface area contributed by atoms with Crippen molar-refractivity contribution in [3.05, 3.63) is 72.0 Å². The van der Waals surface area contributed by atoms with Crippen molar-refractivity contribution in [2.45, 2.75) is 31.6 Å². The van der Waals surface area contributed by atoms with Gasteiger partial charge in [-0.2, -0.15) is 0 Å². The van der Waals surface area contributed by atoms with Crippen molar-refractivity contribution in [1.82, 2.24) is 9.97 Å². The van der Waals surface area contributed by atoms with Gasteiger partial charge in [0.15, 0.2) is 0 Å². The minimum absolute atomic E-state index is 0.165. The molecule has 0 aromatic carbocycles. The van der Waals surface area contributed by atoms with Crippen LogP contribution in [-0.2, 0) is 0 Å². The van der Waals surface area contributed by atoms with Gasteiger partial charge in [-0.1, -0.05) is 43.1 Å². The average molecular weight is 334 g/mol. The molecule has 0 N–H and O–H groups in total. The third kappa shape index (κ3) is 3.17. The Hall–Kier alpha value is -2.26. The van der Waals surface area contributed by atoms with E-state index in [1.807, 2.05) is 30.6 Å². The highest BCUT2D eigenvalue weighted by Gasteiger charge is 2.19. The van der Waals surface area contributed by atoms with Crippen LogP contribution >= 0.6 is 11.3 Å². The first-order chi connectivity index (χ1) is 12.7. The van der Waals surface area contributed by atoms with Crippen LogP contribution < -0.4 is 0 Å². The Labute approximate surface area is 149 Å². The van der Waals surface area contributed by atoms with Gasteiger partial charge in [0.1, 0.15) is 0 Å². The minimum Gasteiger partial charge on any atom is -0.264 e. The van der Waals surface area contributed by atoms with Gasteiger partial charge in [-0.05, 0) is 36.4 Å². The largest absolute Gasteiger partial charge is 0.264 e. The molecule has 4 rings (SSSR count). The Kier molecular flexibility index (Phi) is 3.87. The second-order valence-corrected chi connectivity index (χ2v) is 6.98. The van der Waals surface area contributed by atoms with Crippen LogP contribution in [-0.4, -0.2) is 9.97 Å². The quantitative estimate of drug-likeness (QED) is 0.562. The molecule has 3 aromatic rings. The summed E-state index contributed by atoms with van der Waals surface area (Å²) in [5.74, 6) is 0.588. The zero-order chi connectivity index (χ0) is 17.9. The second kappa shape index (κ2) is 7.10. The summed E-state index contributed by atoms with van der Waals surface area (Å²) in [4.78, 5) is 8.82. The molecule has 2 nitrogen and oxygen atoms in total. The maximum Gasteiger partial charge on any atom is 0.0710 e. The molecule has 0 saturated heterocycles. The summed E-state index contributed by atoms with van der Waals surface area (Å²) >= 11 is 1.68. The van der Waals surface area contributed by atoms with Crippen LogP contribution in [0.25, 0.3) is 21.3 Å². The van der Waals surface area contributed by atoms with E-state index in [-0.39, 0.29) is 12.1 Å². The van der Waals surface area contributed by atoms with Crippen LogP contribution in [0.15, 0.2) is 66.4 Å². The first-order valence-corrected chi connectivity index (χ1v) is 9.24. The van der Waals surface area contributed by atoms with E-state index in [9.17, 15) is 0 Å². The molecule has 0 unspecified atom stereocenters. The van der Waals surface area contributed by atoms with Crippen LogP contribution in [0.2, 0.25) is 0 Å². The number of aromatic nitrogens is 2. The molecule has 1 saturated carbocycles. The molecular formula is C21H20N2S. The molecular weight excluding hydrogens is 312 g/mol. The molecule has 0 atom stereocenters. The van der Waals surface area contributed by atoms with E-state index < -0.39 is 0 Å². The Morgan fingerprint density at radius 1 is 1.08 bits per heavy atom. The van der Waals surface area contributed by atoms with Crippen LogP contribution in [0, 0.1) is 0 Å². The summed E-state index contributed by atoms with van der Waals surface area (Å²) in [6.07, 6.45) is 10.6. The summed E-state index contributed by atoms with van der Waals surface area (Å²) < 4.78 is 17.3. The Morgan fingerprint density at radius 2 is 1.96 bits per heavy atom. The molecule has 1 aliphatic carbocycles. The molecule has 24 heavy (non-hydrogen) atoms. The summed E-state index contributed by atoms with van der Waals surface area (Å²) in [5.41, 5.74) is 2.75. The highest BCUT2D eigenvalue weighted by atomic mass is 32.1. The lowest BCUT2D eigenvalue weighted by molar-refractivity contribution is 0.727. The van der Waals surface area contributed by atoms with Crippen LogP contribution in [0.4, 0.5) is 0 Å². The number of fused-ring (bicyclic) bond motifs is 1. The Balaban J connectivity index is 1.93. The first-order valence-electron chi connectivity index (χ1n) is 9.36. The lowest BCUT2D eigenvalue weighted by Gasteiger charge is -2.10. The van der Waals surface area contributed by atoms with Gasteiger partial charge in [-0.25, -0.2) is 0 Å². The van der Waals surface area contributed by atoms with Crippen molar-refractivity contribution < 1.29 is 2.74 Å². The predicted molar refractivity (Wildman–Crippen MR) is 102 cm³/mol. The maximum absolute atomic E-state index is 8.17. The molecule has 1 aliphatic rings. The predicted octanol–water partition coefficient (Wildman–Crippen LogP) is 6.14. The smallest absolute Gasteiger partial charge is 0.0710 e. The van der Waals surface area contributed by atoms with Gasteiger partial charge in [-0.3, -0.25) is 9.97 Å². The van der Waals surface area contributed by atoms with Crippen LogP contribution in [0.3, 0.4) is 0 Å². The number of pyridine rings is 2. The molecule has 0 aliphatic heterocycles. The summed E-state index contributed by atoms with van der Waals surface area (Å²) in [7, 11) is 0. The van der Waals surface area contributed by atoms with Crippen molar-refractivity contribution in [2.24, 2.45) is 0 Å². The topological polar surface area (TPSA) is 25.8 Å². The molecule has 0 amide bonds. The van der Waals surface area contributed by atoms with E-state index >= 15 is 0 Å². The fraction of sp³-hybridized carbons (Fsp3) is 0.238. The van der Waals surface area contributed by atoms with Crippen molar-refractivity contribution in [1.29, 1.82) is 0 Å². The van der Waals surface area contributed by atoms with Crippen LogP contribution in [0.1, 0.15) is 39.9 Å². The number of hydrogen-bond donors (Lipinski definition) is 0. The van der Waals surface area contributed by atoms with Gasteiger partial charge in [0.2, 0.25) is 0 Å². The third-order valence-electron chi connectivity index (χ3n) is 4.54. The lowest BCUT2D eigenvalue weighted by Crippen LogP contribution is -1.93. The standard InChI is InChI=1S/C21H20N2S/c1-2-8-16(7-1)19-14-22-13-17-9-3-4-10-18(15-24-21(17)19)20-11-5-6-12-23-20/h3-6,9-16H,1-2,7-8H2/i5D,11D. The van der Waals surface area contributed by atoms with Gasteiger partial charge < -0.3 is 0 Å². The van der Waals surface area contributed by atoms with Crippen molar-refractivity contribution in [3.63, 3.8) is 0 Å². The molecule has 3 heterocycles. The van der Waals surface area contributed by atoms with Gasteiger partial charge in [0, 0.05) is 39.6 Å². The zero-order valence-electron chi connectivity index (χ0n) is 15.4. The van der Waals surface area contributed by atoms with E-state index in [4.69, 9.17) is 2.74 Å². The van der Waals surface area contributed by atoms with Crippen molar-refractivity contribution in [2.75, 3.05) is 0 Å². The van der Waals surface area contributed by atoms with E-state index in [1.54, 1.807) is 23.6 Å². The molecule has 0 bridgehead atoms. The monoisotopic (exact) mass is 334 g/mol. The minimum atomic E-state index is 0.165. The Bertz CT molecular complexity index is 992. The fourth-order valence-corrected chi connectivity index (χ4v) is 4.36. The fourth-order valence-electron chi connectivity index (χ4n) is 3.32. The maximum atomic E-state index is 8.17. The molecule has 1 fully saturated rings. The lowest BCUT2D eigenvalue weighted by atomic mass is 9.99. The van der Waals surface area contributed by atoms with Crippen molar-refractivity contribution >= 4 is 21.4 Å². The number of nitrogens with zero attached hydrogens (tertiary/aromatic N) is 2. The van der Waals surface area contributed by atoms with Crippen LogP contribution in [0.5, 0.6) is 0 Å². The summed E-state index contributed by atoms with van der Waals surface area (Å²) in [6.45, 7) is 0. The van der Waals surface area contributed by atoms with Gasteiger partial charge >= 0.3 is 0 Å². The number of rotatable bonds is 2. The molecule has 0 radical (unpaired) electrons. The first kappa shape index (κ1) is 13.1. The van der Waals surface area contributed by atoms with Crippen molar-refractivity contribution in [3.8, 4) is 11.3 Å². The van der Waals surface area contributed by atoms with E-state index in [0.717, 1.165) is 10.9 Å². The average Bonchev–Trinajstić information content (AvgIpc) is 3.20. The summed E-state index contributed by atoms with van der Waals surface area (Å²) in [5, 5.41) is 3.19. The van der Waals surface area contributed by atoms with E-state index in [2.05, 4.69) is 21.4 Å². The normalized spacial score (nSPS) is 15.8. The Morgan fingerprint density at radius 3 is 2.88 bits per heavy atom. The third-order valence-corrected chi connectivity index (χ3v) is 5.62. The molecule has 3 heteroatoms. The van der Waals surface area contributed by atoms with E-state index in [0.29, 0.717) is 11.6 Å². The highest BCUT2D eigenvalue weighted by Crippen LogP contribution is 2.38. The van der Waals surface area contributed by atoms with Gasteiger partial charge in [0.25, 0.3) is 0 Å². The second-order valence-electron chi connectivity index (χ2n) is 6.10. The SMILES string of the molecule is [2H]c1ccnc(-c2ccccc3cncc(C4CCCC4)c3sc2)c1[2H]. The molecule has 120 valence electrons. The van der Waals surface area contributed by atoms with E-state index in [1.165, 1.54) is 35.9 Å². The molecule has 3 aromatic heterocycles. The highest BCUT2D eigenvalue weighted by molar-refractivity contribution is 7.16. The van der Waals surface area contributed by atoms with Gasteiger partial charge in [0.05, 0.1) is 8.44 Å².